The van der Waals surface area contributed by atoms with Gasteiger partial charge in [0.1, 0.15) is 5.82 Å². The molecule has 0 aromatic carbocycles. The number of nitrogen functional groups attached to an aromatic ring is 1. The number of hydrogen-bond acceptors (Lipinski definition) is 3. The van der Waals surface area contributed by atoms with Crippen molar-refractivity contribution in [3.05, 3.63) is 22.8 Å². The lowest BCUT2D eigenvalue weighted by Gasteiger charge is -2.40. The average Bonchev–Trinajstić information content (AvgIpc) is 2.33. The molecule has 3 N–H and O–H groups in total. The van der Waals surface area contributed by atoms with Crippen LogP contribution in [0.4, 0.5) is 5.82 Å². The molecule has 2 rings (SSSR count). The van der Waals surface area contributed by atoms with Gasteiger partial charge in [0.2, 0.25) is 0 Å². The number of aliphatic hydroxyl groups is 1. The minimum Gasteiger partial charge on any atom is -0.385 e. The van der Waals surface area contributed by atoms with Gasteiger partial charge in [-0.05, 0) is 24.8 Å². The normalized spacial score (nSPS) is 29.2. The molecule has 0 spiro atoms. The largest absolute Gasteiger partial charge is 0.385 e. The van der Waals surface area contributed by atoms with Crippen LogP contribution in [0.3, 0.4) is 0 Å². The standard InChI is InChI=1S/C13H19ClN2O/c1-2-9-5-3-4-6-13(9,17)11-7-10(14)8-16-12(11)15/h7-9,17H,2-6H2,1H3,(H2,15,16). The number of rotatable bonds is 2. The maximum absolute atomic E-state index is 10.9. The van der Waals surface area contributed by atoms with Gasteiger partial charge < -0.3 is 10.8 Å². The SMILES string of the molecule is CCC1CCCCC1(O)c1cc(Cl)cnc1N. The van der Waals surface area contributed by atoms with Crippen molar-refractivity contribution in [3.63, 3.8) is 0 Å². The number of pyridine rings is 1. The highest BCUT2D eigenvalue weighted by Crippen LogP contribution is 2.45. The summed E-state index contributed by atoms with van der Waals surface area (Å²) >= 11 is 5.96. The number of nitrogens with two attached hydrogens (primary N) is 1. The van der Waals surface area contributed by atoms with E-state index in [4.69, 9.17) is 17.3 Å². The summed E-state index contributed by atoms with van der Waals surface area (Å²) < 4.78 is 0. The summed E-state index contributed by atoms with van der Waals surface area (Å²) in [6, 6.07) is 1.76. The van der Waals surface area contributed by atoms with Gasteiger partial charge in [0, 0.05) is 11.8 Å². The summed E-state index contributed by atoms with van der Waals surface area (Å²) in [5.41, 5.74) is 5.75. The summed E-state index contributed by atoms with van der Waals surface area (Å²) in [6.45, 7) is 2.11. The molecule has 4 heteroatoms. The van der Waals surface area contributed by atoms with Crippen LogP contribution in [0.2, 0.25) is 5.02 Å². The minimum absolute atomic E-state index is 0.249. The van der Waals surface area contributed by atoms with Crippen molar-refractivity contribution in [1.29, 1.82) is 0 Å². The van der Waals surface area contributed by atoms with E-state index in [9.17, 15) is 5.11 Å². The number of hydrogen-bond donors (Lipinski definition) is 2. The molecular formula is C13H19ClN2O. The van der Waals surface area contributed by atoms with Gasteiger partial charge in [-0.2, -0.15) is 0 Å². The van der Waals surface area contributed by atoms with Crippen molar-refractivity contribution >= 4 is 17.4 Å². The van der Waals surface area contributed by atoms with Gasteiger partial charge in [-0.3, -0.25) is 0 Å². The van der Waals surface area contributed by atoms with Crippen molar-refractivity contribution in [3.8, 4) is 0 Å². The Labute approximate surface area is 107 Å². The van der Waals surface area contributed by atoms with E-state index in [0.29, 0.717) is 16.4 Å². The third kappa shape index (κ3) is 2.26. The molecule has 1 saturated carbocycles. The van der Waals surface area contributed by atoms with Crippen LogP contribution in [0, 0.1) is 5.92 Å². The molecule has 0 bridgehead atoms. The molecule has 1 aromatic heterocycles. The first-order valence-electron chi connectivity index (χ1n) is 6.21. The Balaban J connectivity index is 2.44. The lowest BCUT2D eigenvalue weighted by atomic mass is 9.70. The Morgan fingerprint density at radius 2 is 2.35 bits per heavy atom. The Hall–Kier alpha value is -0.800. The highest BCUT2D eigenvalue weighted by atomic mass is 35.5. The van der Waals surface area contributed by atoms with E-state index < -0.39 is 5.60 Å². The second-order valence-corrected chi connectivity index (χ2v) is 5.30. The molecule has 2 atom stereocenters. The van der Waals surface area contributed by atoms with Gasteiger partial charge >= 0.3 is 0 Å². The van der Waals surface area contributed by atoms with Crippen LogP contribution < -0.4 is 5.73 Å². The third-order valence-electron chi connectivity index (χ3n) is 3.88. The zero-order valence-corrected chi connectivity index (χ0v) is 10.9. The summed E-state index contributed by atoms with van der Waals surface area (Å²) in [4.78, 5) is 4.05. The fraction of sp³-hybridized carbons (Fsp3) is 0.615. The molecule has 0 radical (unpaired) electrons. The van der Waals surface area contributed by atoms with Crippen LogP contribution in [-0.4, -0.2) is 10.1 Å². The molecule has 94 valence electrons. The van der Waals surface area contributed by atoms with Gasteiger partial charge in [0.15, 0.2) is 0 Å². The lowest BCUT2D eigenvalue weighted by molar-refractivity contribution is -0.0553. The highest BCUT2D eigenvalue weighted by molar-refractivity contribution is 6.30. The lowest BCUT2D eigenvalue weighted by Crippen LogP contribution is -2.38. The van der Waals surface area contributed by atoms with E-state index in [1.165, 1.54) is 12.6 Å². The van der Waals surface area contributed by atoms with Crippen LogP contribution in [0.5, 0.6) is 0 Å². The predicted octanol–water partition coefficient (Wildman–Crippen LogP) is 3.11. The van der Waals surface area contributed by atoms with E-state index >= 15 is 0 Å². The van der Waals surface area contributed by atoms with Gasteiger partial charge in [0.05, 0.1) is 10.6 Å². The van der Waals surface area contributed by atoms with Crippen LogP contribution in [0.1, 0.15) is 44.6 Å². The Bertz CT molecular complexity index is 410. The zero-order chi connectivity index (χ0) is 12.5. The first-order valence-corrected chi connectivity index (χ1v) is 6.59. The van der Waals surface area contributed by atoms with Gasteiger partial charge in [-0.25, -0.2) is 4.98 Å². The van der Waals surface area contributed by atoms with Gasteiger partial charge in [-0.1, -0.05) is 37.8 Å². The van der Waals surface area contributed by atoms with Crippen molar-refractivity contribution in [2.45, 2.75) is 44.6 Å². The van der Waals surface area contributed by atoms with E-state index in [2.05, 4.69) is 11.9 Å². The number of nitrogens with zero attached hydrogens (tertiary/aromatic N) is 1. The summed E-state index contributed by atoms with van der Waals surface area (Å²) in [5, 5.41) is 11.5. The second-order valence-electron chi connectivity index (χ2n) is 4.86. The molecule has 0 aliphatic heterocycles. The number of aromatic nitrogens is 1. The van der Waals surface area contributed by atoms with Crippen LogP contribution in [0.25, 0.3) is 0 Å². The third-order valence-corrected chi connectivity index (χ3v) is 4.09. The predicted molar refractivity (Wildman–Crippen MR) is 69.8 cm³/mol. The molecule has 3 nitrogen and oxygen atoms in total. The van der Waals surface area contributed by atoms with Crippen molar-refractivity contribution in [2.24, 2.45) is 5.92 Å². The fourth-order valence-corrected chi connectivity index (χ4v) is 3.08. The molecule has 1 fully saturated rings. The maximum Gasteiger partial charge on any atom is 0.129 e. The molecule has 1 heterocycles. The first kappa shape index (κ1) is 12.7. The van der Waals surface area contributed by atoms with Gasteiger partial charge in [-0.15, -0.1) is 0 Å². The summed E-state index contributed by atoms with van der Waals surface area (Å²) in [5.74, 6) is 0.649. The number of anilines is 1. The van der Waals surface area contributed by atoms with Crippen molar-refractivity contribution in [2.75, 3.05) is 5.73 Å². The fourth-order valence-electron chi connectivity index (χ4n) is 2.92. The maximum atomic E-state index is 10.9. The summed E-state index contributed by atoms with van der Waals surface area (Å²) in [6.07, 6.45) is 6.46. The van der Waals surface area contributed by atoms with E-state index in [0.717, 1.165) is 25.7 Å². The second kappa shape index (κ2) is 4.83. The molecule has 1 aromatic rings. The van der Waals surface area contributed by atoms with E-state index in [1.807, 2.05) is 0 Å². The monoisotopic (exact) mass is 254 g/mol. The highest BCUT2D eigenvalue weighted by Gasteiger charge is 2.41. The zero-order valence-electron chi connectivity index (χ0n) is 10.1. The molecule has 1 aliphatic rings. The smallest absolute Gasteiger partial charge is 0.129 e. The Morgan fingerprint density at radius 3 is 3.06 bits per heavy atom. The molecule has 0 saturated heterocycles. The van der Waals surface area contributed by atoms with E-state index in [-0.39, 0.29) is 5.92 Å². The first-order chi connectivity index (χ1) is 8.08. The quantitative estimate of drug-likeness (QED) is 0.853. The van der Waals surface area contributed by atoms with Crippen LogP contribution >= 0.6 is 11.6 Å². The van der Waals surface area contributed by atoms with Crippen molar-refractivity contribution < 1.29 is 5.11 Å². The molecule has 1 aliphatic carbocycles. The summed E-state index contributed by atoms with van der Waals surface area (Å²) in [7, 11) is 0. The molecule has 0 amide bonds. The minimum atomic E-state index is -0.852. The topological polar surface area (TPSA) is 59.1 Å². The van der Waals surface area contributed by atoms with Crippen LogP contribution in [0.15, 0.2) is 12.3 Å². The average molecular weight is 255 g/mol. The van der Waals surface area contributed by atoms with Gasteiger partial charge in [0.25, 0.3) is 0 Å². The van der Waals surface area contributed by atoms with E-state index in [1.54, 1.807) is 6.07 Å². The Morgan fingerprint density at radius 1 is 1.59 bits per heavy atom. The molecular weight excluding hydrogens is 236 g/mol. The molecule has 17 heavy (non-hydrogen) atoms. The van der Waals surface area contributed by atoms with Crippen LogP contribution in [-0.2, 0) is 5.60 Å². The molecule has 2 unspecified atom stereocenters. The van der Waals surface area contributed by atoms with Crippen molar-refractivity contribution in [1.82, 2.24) is 4.98 Å². The number of halogens is 1. The Kier molecular flexibility index (Phi) is 3.59.